The molecule has 4 N–H and O–H groups in total. The molecule has 5 amide bonds. The van der Waals surface area contributed by atoms with E-state index in [-0.39, 0.29) is 5.69 Å². The molecular formula is C11H9N5O6. The number of barbiturate groups is 1. The summed E-state index contributed by atoms with van der Waals surface area (Å²) < 4.78 is 0. The number of nitrogens with zero attached hydrogens (tertiary/aromatic N) is 1. The Balaban J connectivity index is 1.97. The van der Waals surface area contributed by atoms with E-state index in [2.05, 4.69) is 10.9 Å². The number of nitro groups is 1. The Hall–Kier alpha value is -3.50. The van der Waals surface area contributed by atoms with Gasteiger partial charge in [-0.05, 0) is 12.1 Å². The molecule has 0 radical (unpaired) electrons. The van der Waals surface area contributed by atoms with Gasteiger partial charge in [-0.2, -0.15) is 0 Å². The van der Waals surface area contributed by atoms with Crippen molar-refractivity contribution in [2.45, 2.75) is 0 Å². The molecule has 1 heterocycles. The van der Waals surface area contributed by atoms with Gasteiger partial charge in [0.25, 0.3) is 11.6 Å². The van der Waals surface area contributed by atoms with Gasteiger partial charge in [-0.15, -0.1) is 0 Å². The summed E-state index contributed by atoms with van der Waals surface area (Å²) in [4.78, 5) is 55.4. The van der Waals surface area contributed by atoms with Crippen LogP contribution in [0.15, 0.2) is 24.3 Å². The quantitative estimate of drug-likeness (QED) is 0.316. The van der Waals surface area contributed by atoms with E-state index < -0.39 is 34.6 Å². The smallest absolute Gasteiger partial charge is 0.299 e. The average Bonchev–Trinajstić information content (AvgIpc) is 2.44. The molecule has 1 saturated heterocycles. The molecule has 114 valence electrons. The fraction of sp³-hybridized carbons (Fsp3) is 0.0909. The van der Waals surface area contributed by atoms with E-state index in [9.17, 15) is 29.3 Å². The molecule has 2 rings (SSSR count). The van der Waals surface area contributed by atoms with Crippen LogP contribution in [0.3, 0.4) is 0 Å². The molecule has 0 saturated carbocycles. The molecule has 22 heavy (non-hydrogen) atoms. The van der Waals surface area contributed by atoms with E-state index in [1.165, 1.54) is 24.3 Å². The standard InChI is InChI=1S/C11H9N5O6/c17-8-7(9(18)13-11(20)12-8)10(19)15-14-5-1-3-6(4-2-5)16(21)22/h1-4,7,14H,(H,15,19)(H2,12,13,17,18,20). The van der Waals surface area contributed by atoms with Gasteiger partial charge >= 0.3 is 6.03 Å². The zero-order chi connectivity index (χ0) is 16.3. The Morgan fingerprint density at radius 3 is 2.14 bits per heavy atom. The highest BCUT2D eigenvalue weighted by Gasteiger charge is 2.39. The number of hydrogen-bond donors (Lipinski definition) is 4. The predicted molar refractivity (Wildman–Crippen MR) is 70.0 cm³/mol. The number of carbonyl (C=O) groups is 4. The molecule has 1 fully saturated rings. The monoisotopic (exact) mass is 307 g/mol. The molecule has 1 aromatic carbocycles. The minimum Gasteiger partial charge on any atom is -0.299 e. The van der Waals surface area contributed by atoms with Gasteiger partial charge in [0.2, 0.25) is 11.8 Å². The lowest BCUT2D eigenvalue weighted by atomic mass is 10.1. The fourth-order valence-electron chi connectivity index (χ4n) is 1.63. The van der Waals surface area contributed by atoms with Gasteiger partial charge in [-0.25, -0.2) is 4.79 Å². The third-order valence-electron chi connectivity index (χ3n) is 2.67. The SMILES string of the molecule is O=C1NC(=O)C(C(=O)NNc2ccc([N+](=O)[O-])cc2)C(=O)N1. The summed E-state index contributed by atoms with van der Waals surface area (Å²) in [6, 6.07) is 4.05. The van der Waals surface area contributed by atoms with E-state index in [0.29, 0.717) is 5.69 Å². The van der Waals surface area contributed by atoms with Gasteiger partial charge in [-0.3, -0.25) is 46.0 Å². The normalized spacial score (nSPS) is 14.8. The number of non-ortho nitro benzene ring substituents is 1. The first-order chi connectivity index (χ1) is 10.4. The second kappa shape index (κ2) is 5.87. The van der Waals surface area contributed by atoms with Crippen LogP contribution in [0, 0.1) is 16.0 Å². The van der Waals surface area contributed by atoms with E-state index >= 15 is 0 Å². The average molecular weight is 307 g/mol. The van der Waals surface area contributed by atoms with Crippen LogP contribution in [0.25, 0.3) is 0 Å². The van der Waals surface area contributed by atoms with E-state index in [0.717, 1.165) is 0 Å². The molecule has 0 atom stereocenters. The van der Waals surface area contributed by atoms with Crippen molar-refractivity contribution in [2.75, 3.05) is 5.43 Å². The number of anilines is 1. The van der Waals surface area contributed by atoms with Crippen molar-refractivity contribution in [1.82, 2.24) is 16.1 Å². The highest BCUT2D eigenvalue weighted by Crippen LogP contribution is 2.14. The highest BCUT2D eigenvalue weighted by atomic mass is 16.6. The van der Waals surface area contributed by atoms with Crippen LogP contribution in [-0.2, 0) is 14.4 Å². The Bertz CT molecular complexity index is 650. The third-order valence-corrected chi connectivity index (χ3v) is 2.67. The number of urea groups is 1. The minimum absolute atomic E-state index is 0.138. The maximum atomic E-state index is 11.8. The number of nitro benzene ring substituents is 1. The van der Waals surface area contributed by atoms with Gasteiger partial charge in [0.1, 0.15) is 0 Å². The molecule has 0 bridgehead atoms. The van der Waals surface area contributed by atoms with Gasteiger partial charge in [0.05, 0.1) is 10.6 Å². The zero-order valence-corrected chi connectivity index (χ0v) is 10.8. The van der Waals surface area contributed by atoms with Crippen LogP contribution in [0.5, 0.6) is 0 Å². The van der Waals surface area contributed by atoms with Gasteiger partial charge in [0.15, 0.2) is 5.92 Å². The largest absolute Gasteiger partial charge is 0.328 e. The highest BCUT2D eigenvalue weighted by molar-refractivity contribution is 6.26. The molecule has 0 aromatic heterocycles. The van der Waals surface area contributed by atoms with Crippen LogP contribution < -0.4 is 21.5 Å². The fourth-order valence-corrected chi connectivity index (χ4v) is 1.63. The second-order valence-electron chi connectivity index (χ2n) is 4.16. The molecular weight excluding hydrogens is 298 g/mol. The molecule has 0 unspecified atom stereocenters. The van der Waals surface area contributed by atoms with E-state index in [1.54, 1.807) is 10.6 Å². The molecule has 1 aliphatic rings. The molecule has 0 aliphatic carbocycles. The number of rotatable bonds is 4. The third kappa shape index (κ3) is 3.15. The summed E-state index contributed by atoms with van der Waals surface area (Å²) in [5.74, 6) is -4.79. The zero-order valence-electron chi connectivity index (χ0n) is 10.8. The minimum atomic E-state index is -1.72. The lowest BCUT2D eigenvalue weighted by Gasteiger charge is -2.20. The number of carbonyl (C=O) groups excluding carboxylic acids is 4. The van der Waals surface area contributed by atoms with Crippen molar-refractivity contribution in [3.63, 3.8) is 0 Å². The first-order valence-corrected chi connectivity index (χ1v) is 5.84. The lowest BCUT2D eigenvalue weighted by molar-refractivity contribution is -0.384. The summed E-state index contributed by atoms with van der Waals surface area (Å²) in [6.45, 7) is 0. The summed E-state index contributed by atoms with van der Waals surface area (Å²) in [6.07, 6.45) is 0. The topological polar surface area (TPSA) is 160 Å². The van der Waals surface area contributed by atoms with Crippen molar-refractivity contribution < 1.29 is 24.1 Å². The lowest BCUT2D eigenvalue weighted by Crippen LogP contribution is -2.60. The van der Waals surface area contributed by atoms with E-state index in [1.807, 2.05) is 0 Å². The molecule has 0 spiro atoms. The first kappa shape index (κ1) is 14.9. The van der Waals surface area contributed by atoms with Crippen LogP contribution in [0.2, 0.25) is 0 Å². The van der Waals surface area contributed by atoms with Gasteiger partial charge in [-0.1, -0.05) is 0 Å². The van der Waals surface area contributed by atoms with Crippen LogP contribution in [0.4, 0.5) is 16.2 Å². The number of hydrazine groups is 1. The first-order valence-electron chi connectivity index (χ1n) is 5.84. The van der Waals surface area contributed by atoms with Crippen molar-refractivity contribution in [3.05, 3.63) is 34.4 Å². The second-order valence-corrected chi connectivity index (χ2v) is 4.16. The number of hydrogen-bond acceptors (Lipinski definition) is 7. The molecule has 11 nitrogen and oxygen atoms in total. The molecule has 11 heteroatoms. The number of amides is 5. The Morgan fingerprint density at radius 1 is 1.09 bits per heavy atom. The van der Waals surface area contributed by atoms with Crippen LogP contribution in [-0.4, -0.2) is 28.7 Å². The number of imide groups is 2. The van der Waals surface area contributed by atoms with Crippen molar-refractivity contribution in [3.8, 4) is 0 Å². The summed E-state index contributed by atoms with van der Waals surface area (Å²) >= 11 is 0. The maximum Gasteiger partial charge on any atom is 0.328 e. The maximum absolute atomic E-state index is 11.8. The van der Waals surface area contributed by atoms with Crippen molar-refractivity contribution >= 4 is 35.1 Å². The Labute approximate surface area is 122 Å². The van der Waals surface area contributed by atoms with Gasteiger partial charge < -0.3 is 0 Å². The number of nitrogens with one attached hydrogen (secondary N) is 4. The summed E-state index contributed by atoms with van der Waals surface area (Å²) in [7, 11) is 0. The van der Waals surface area contributed by atoms with Gasteiger partial charge in [0, 0.05) is 12.1 Å². The summed E-state index contributed by atoms with van der Waals surface area (Å²) in [5.41, 5.74) is 4.65. The number of benzene rings is 1. The van der Waals surface area contributed by atoms with Crippen LogP contribution >= 0.6 is 0 Å². The van der Waals surface area contributed by atoms with Crippen molar-refractivity contribution in [1.29, 1.82) is 0 Å². The Morgan fingerprint density at radius 2 is 1.64 bits per heavy atom. The molecule has 1 aliphatic heterocycles. The van der Waals surface area contributed by atoms with E-state index in [4.69, 9.17) is 0 Å². The van der Waals surface area contributed by atoms with Crippen LogP contribution in [0.1, 0.15) is 0 Å². The van der Waals surface area contributed by atoms with Crippen molar-refractivity contribution in [2.24, 2.45) is 5.92 Å². The summed E-state index contributed by atoms with van der Waals surface area (Å²) in [5, 5.41) is 14.1. The molecule has 1 aromatic rings. The Kier molecular flexibility index (Phi) is 3.97. The predicted octanol–water partition coefficient (Wildman–Crippen LogP) is -0.980.